The van der Waals surface area contributed by atoms with Gasteiger partial charge in [0.05, 0.1) is 16.1 Å². The fraction of sp³-hybridized carbons (Fsp3) is 0. The van der Waals surface area contributed by atoms with Crippen molar-refractivity contribution in [1.82, 2.24) is 10.2 Å². The maximum absolute atomic E-state index is 10.4. The van der Waals surface area contributed by atoms with Gasteiger partial charge in [-0.3, -0.25) is 15.2 Å². The molecule has 0 fully saturated rings. The van der Waals surface area contributed by atoms with Crippen LogP contribution in [0.3, 0.4) is 0 Å². The van der Waals surface area contributed by atoms with Crippen molar-refractivity contribution in [3.8, 4) is 0 Å². The van der Waals surface area contributed by atoms with Crippen LogP contribution in [0.5, 0.6) is 0 Å². The second-order valence-corrected chi connectivity index (χ2v) is 2.66. The number of rotatable bonds is 1. The summed E-state index contributed by atoms with van der Waals surface area (Å²) >= 11 is 0. The molecular formula is C8H6N3O2. The summed E-state index contributed by atoms with van der Waals surface area (Å²) < 4.78 is 0. The Morgan fingerprint density at radius 2 is 2.31 bits per heavy atom. The predicted octanol–water partition coefficient (Wildman–Crippen LogP) is 1.65. The molecule has 0 bridgehead atoms. The van der Waals surface area contributed by atoms with Crippen LogP contribution >= 0.6 is 0 Å². The number of nitro benzene ring substituents is 1. The van der Waals surface area contributed by atoms with Crippen LogP contribution in [0.4, 0.5) is 5.69 Å². The molecule has 13 heavy (non-hydrogen) atoms. The van der Waals surface area contributed by atoms with Crippen molar-refractivity contribution < 1.29 is 4.92 Å². The molecule has 0 aliphatic heterocycles. The molecule has 0 aliphatic rings. The van der Waals surface area contributed by atoms with E-state index in [0.717, 1.165) is 5.52 Å². The highest BCUT2D eigenvalue weighted by Crippen LogP contribution is 2.20. The Morgan fingerprint density at radius 1 is 1.54 bits per heavy atom. The molecule has 0 unspecified atom stereocenters. The van der Waals surface area contributed by atoms with E-state index in [-0.39, 0.29) is 5.69 Å². The summed E-state index contributed by atoms with van der Waals surface area (Å²) in [7, 11) is 0. The molecule has 1 aromatic carbocycles. The van der Waals surface area contributed by atoms with Crippen LogP contribution in [0.1, 0.15) is 5.69 Å². The minimum atomic E-state index is -0.439. The van der Waals surface area contributed by atoms with Crippen molar-refractivity contribution in [2.24, 2.45) is 0 Å². The van der Waals surface area contributed by atoms with Crippen molar-refractivity contribution >= 4 is 16.6 Å². The van der Waals surface area contributed by atoms with Gasteiger partial charge >= 0.3 is 0 Å². The lowest BCUT2D eigenvalue weighted by Crippen LogP contribution is -1.86. The average Bonchev–Trinajstić information content (AvgIpc) is 2.47. The summed E-state index contributed by atoms with van der Waals surface area (Å²) in [5.74, 6) is 0. The lowest BCUT2D eigenvalue weighted by Gasteiger charge is -1.91. The summed E-state index contributed by atoms with van der Waals surface area (Å²) in [6, 6.07) is 4.51. The number of non-ortho nitro benzene ring substituents is 1. The summed E-state index contributed by atoms with van der Waals surface area (Å²) in [4.78, 5) is 9.99. The van der Waals surface area contributed by atoms with Crippen molar-refractivity contribution in [2.45, 2.75) is 0 Å². The van der Waals surface area contributed by atoms with Gasteiger partial charge in [0.25, 0.3) is 5.69 Å². The third-order valence-electron chi connectivity index (χ3n) is 1.84. The number of hydrogen-bond donors (Lipinski definition) is 1. The van der Waals surface area contributed by atoms with E-state index in [1.807, 2.05) is 0 Å². The molecule has 1 radical (unpaired) electrons. The van der Waals surface area contributed by atoms with Gasteiger partial charge in [0.1, 0.15) is 0 Å². The quantitative estimate of drug-likeness (QED) is 0.530. The summed E-state index contributed by atoms with van der Waals surface area (Å²) in [5, 5.41) is 17.7. The Bertz CT molecular complexity index is 475. The number of hydrogen-bond acceptors (Lipinski definition) is 3. The molecule has 2 rings (SSSR count). The van der Waals surface area contributed by atoms with Gasteiger partial charge in [-0.25, -0.2) is 0 Å². The standard InChI is InChI=1S/C8H6N3O2/c1-5-7-4-6(11(12)13)2-3-8(7)10-9-5/h2-4H,1H2,(H,9,10). The van der Waals surface area contributed by atoms with E-state index in [9.17, 15) is 10.1 Å². The van der Waals surface area contributed by atoms with E-state index in [1.165, 1.54) is 12.1 Å². The minimum absolute atomic E-state index is 0.0544. The number of aromatic amines is 1. The van der Waals surface area contributed by atoms with E-state index in [1.54, 1.807) is 6.07 Å². The fourth-order valence-corrected chi connectivity index (χ4v) is 1.17. The Balaban J connectivity index is 2.72. The summed E-state index contributed by atoms with van der Waals surface area (Å²) in [5.41, 5.74) is 1.34. The predicted molar refractivity (Wildman–Crippen MR) is 47.2 cm³/mol. The number of benzene rings is 1. The topological polar surface area (TPSA) is 71.8 Å². The zero-order valence-corrected chi connectivity index (χ0v) is 6.65. The Labute approximate surface area is 73.5 Å². The molecule has 5 heteroatoms. The van der Waals surface area contributed by atoms with Gasteiger partial charge in [0, 0.05) is 17.5 Å². The van der Waals surface area contributed by atoms with Crippen LogP contribution in [-0.4, -0.2) is 15.1 Å². The Kier molecular flexibility index (Phi) is 1.51. The molecule has 0 saturated carbocycles. The third kappa shape index (κ3) is 1.14. The normalized spacial score (nSPS) is 10.5. The van der Waals surface area contributed by atoms with Crippen molar-refractivity contribution in [2.75, 3.05) is 0 Å². The van der Waals surface area contributed by atoms with E-state index in [0.29, 0.717) is 11.1 Å². The molecule has 0 spiro atoms. The number of nitrogens with zero attached hydrogens (tertiary/aromatic N) is 2. The Hall–Kier alpha value is -1.91. The zero-order valence-electron chi connectivity index (χ0n) is 6.65. The first-order valence-corrected chi connectivity index (χ1v) is 3.63. The van der Waals surface area contributed by atoms with Crippen LogP contribution in [-0.2, 0) is 0 Å². The first-order valence-electron chi connectivity index (χ1n) is 3.63. The highest BCUT2D eigenvalue weighted by molar-refractivity contribution is 5.84. The van der Waals surface area contributed by atoms with Gasteiger partial charge in [0.15, 0.2) is 0 Å². The first-order chi connectivity index (χ1) is 6.18. The number of nitrogens with one attached hydrogen (secondary N) is 1. The van der Waals surface area contributed by atoms with Crippen molar-refractivity contribution in [3.63, 3.8) is 0 Å². The SMILES string of the molecule is [CH2]c1n[nH]c2ccc([N+](=O)[O-])cc12. The maximum Gasteiger partial charge on any atom is 0.270 e. The number of fused-ring (bicyclic) bond motifs is 1. The zero-order chi connectivity index (χ0) is 9.42. The Morgan fingerprint density at radius 3 is 3.00 bits per heavy atom. The van der Waals surface area contributed by atoms with Crippen molar-refractivity contribution in [1.29, 1.82) is 0 Å². The third-order valence-corrected chi connectivity index (χ3v) is 1.84. The molecular weight excluding hydrogens is 170 g/mol. The van der Waals surface area contributed by atoms with Crippen LogP contribution in [0.2, 0.25) is 0 Å². The highest BCUT2D eigenvalue weighted by atomic mass is 16.6. The average molecular weight is 176 g/mol. The largest absolute Gasteiger partial charge is 0.278 e. The van der Waals surface area contributed by atoms with Crippen LogP contribution in [0.15, 0.2) is 18.2 Å². The second kappa shape index (κ2) is 2.55. The molecule has 0 aliphatic carbocycles. The molecule has 2 aromatic rings. The smallest absolute Gasteiger partial charge is 0.270 e. The van der Waals surface area contributed by atoms with Gasteiger partial charge < -0.3 is 0 Å². The molecule has 1 aromatic heterocycles. The fourth-order valence-electron chi connectivity index (χ4n) is 1.17. The maximum atomic E-state index is 10.4. The second-order valence-electron chi connectivity index (χ2n) is 2.66. The van der Waals surface area contributed by atoms with Gasteiger partial charge in [-0.1, -0.05) is 0 Å². The van der Waals surface area contributed by atoms with Gasteiger partial charge in [0.2, 0.25) is 0 Å². The molecule has 65 valence electrons. The van der Waals surface area contributed by atoms with Gasteiger partial charge in [-0.05, 0) is 13.0 Å². The lowest BCUT2D eigenvalue weighted by atomic mass is 10.2. The number of aromatic nitrogens is 2. The van der Waals surface area contributed by atoms with E-state index in [2.05, 4.69) is 17.1 Å². The van der Waals surface area contributed by atoms with Gasteiger partial charge in [-0.15, -0.1) is 0 Å². The minimum Gasteiger partial charge on any atom is -0.278 e. The van der Waals surface area contributed by atoms with Crippen LogP contribution in [0.25, 0.3) is 10.9 Å². The van der Waals surface area contributed by atoms with E-state index < -0.39 is 4.92 Å². The molecule has 0 saturated heterocycles. The molecule has 0 atom stereocenters. The van der Waals surface area contributed by atoms with Crippen molar-refractivity contribution in [3.05, 3.63) is 40.9 Å². The van der Waals surface area contributed by atoms with Gasteiger partial charge in [-0.2, -0.15) is 5.10 Å². The van der Waals surface area contributed by atoms with Crippen LogP contribution in [0, 0.1) is 17.0 Å². The highest BCUT2D eigenvalue weighted by Gasteiger charge is 2.08. The summed E-state index contributed by atoms with van der Waals surface area (Å²) in [6.07, 6.45) is 0. The van der Waals surface area contributed by atoms with E-state index >= 15 is 0 Å². The monoisotopic (exact) mass is 176 g/mol. The number of H-pyrrole nitrogens is 1. The molecule has 1 N–H and O–H groups in total. The van der Waals surface area contributed by atoms with E-state index in [4.69, 9.17) is 0 Å². The molecule has 1 heterocycles. The molecule has 0 amide bonds. The number of nitro groups is 1. The first kappa shape index (κ1) is 7.72. The summed E-state index contributed by atoms with van der Waals surface area (Å²) in [6.45, 7) is 3.64. The lowest BCUT2D eigenvalue weighted by molar-refractivity contribution is -0.384. The molecule has 5 nitrogen and oxygen atoms in total. The van der Waals surface area contributed by atoms with Crippen LogP contribution < -0.4 is 0 Å².